The van der Waals surface area contributed by atoms with E-state index in [1.54, 1.807) is 0 Å². The van der Waals surface area contributed by atoms with Crippen molar-refractivity contribution in [3.8, 4) is 0 Å². The molecule has 2 nitrogen and oxygen atoms in total. The Kier molecular flexibility index (Phi) is 7.08. The minimum absolute atomic E-state index is 0.407. The van der Waals surface area contributed by atoms with Crippen LogP contribution >= 0.6 is 11.8 Å². The molecule has 1 fully saturated rings. The fourth-order valence-corrected chi connectivity index (χ4v) is 4.24. The van der Waals surface area contributed by atoms with Crippen molar-refractivity contribution in [2.45, 2.75) is 57.4 Å². The molecule has 1 aromatic rings. The van der Waals surface area contributed by atoms with Gasteiger partial charge in [0.1, 0.15) is 0 Å². The van der Waals surface area contributed by atoms with Crippen LogP contribution in [0.5, 0.6) is 0 Å². The largest absolute Gasteiger partial charge is 0.377 e. The maximum Gasteiger partial charge on any atom is 0.0666 e. The van der Waals surface area contributed by atoms with Gasteiger partial charge in [-0.15, -0.1) is 0 Å². The molecule has 0 radical (unpaired) electrons. The third-order valence-corrected chi connectivity index (χ3v) is 5.73. The predicted molar refractivity (Wildman–Crippen MR) is 93.1 cm³/mol. The van der Waals surface area contributed by atoms with Gasteiger partial charge in [-0.2, -0.15) is 11.8 Å². The Hall–Kier alpha value is -0.510. The molecule has 0 amide bonds. The lowest BCUT2D eigenvalue weighted by atomic mass is 10.0. The molecule has 3 atom stereocenters. The van der Waals surface area contributed by atoms with Crippen LogP contribution in [-0.2, 0) is 11.2 Å². The first-order chi connectivity index (χ1) is 10.2. The maximum atomic E-state index is 5.66. The monoisotopic (exact) mass is 307 g/mol. The number of hydrogen-bond acceptors (Lipinski definition) is 3. The smallest absolute Gasteiger partial charge is 0.0666 e. The highest BCUT2D eigenvalue weighted by atomic mass is 32.2. The first kappa shape index (κ1) is 16.9. The molecule has 1 N–H and O–H groups in total. The minimum Gasteiger partial charge on any atom is -0.377 e. The molecule has 1 aliphatic heterocycles. The zero-order valence-electron chi connectivity index (χ0n) is 13.6. The van der Waals surface area contributed by atoms with E-state index in [-0.39, 0.29) is 0 Å². The number of thioether (sulfide) groups is 1. The van der Waals surface area contributed by atoms with E-state index < -0.39 is 0 Å². The Labute approximate surface area is 134 Å². The molecular formula is C18H29NOS. The van der Waals surface area contributed by atoms with Crippen molar-refractivity contribution in [1.82, 2.24) is 5.32 Å². The van der Waals surface area contributed by atoms with Gasteiger partial charge in [-0.3, -0.25) is 0 Å². The van der Waals surface area contributed by atoms with Gasteiger partial charge in [0.2, 0.25) is 0 Å². The Morgan fingerprint density at radius 2 is 2.05 bits per heavy atom. The standard InChI is InChI=1S/C18H29NOS/c1-4-6-15-7-9-16(10-8-15)17(19-5-2)13-21-18-11-12-20-14(18)3/h7-10,14,17-19H,4-6,11-13H2,1-3H3. The van der Waals surface area contributed by atoms with E-state index in [1.165, 1.54) is 30.4 Å². The Balaban J connectivity index is 1.93. The summed E-state index contributed by atoms with van der Waals surface area (Å²) < 4.78 is 5.66. The molecule has 0 spiro atoms. The van der Waals surface area contributed by atoms with Crippen LogP contribution in [0.3, 0.4) is 0 Å². The second kappa shape index (κ2) is 8.82. The summed E-state index contributed by atoms with van der Waals surface area (Å²) in [5.41, 5.74) is 2.86. The molecule has 3 heteroatoms. The molecule has 1 aromatic carbocycles. The van der Waals surface area contributed by atoms with Gasteiger partial charge in [0.15, 0.2) is 0 Å². The number of benzene rings is 1. The minimum atomic E-state index is 0.407. The topological polar surface area (TPSA) is 21.3 Å². The van der Waals surface area contributed by atoms with Crippen molar-refractivity contribution in [2.24, 2.45) is 0 Å². The second-order valence-corrected chi connectivity index (χ2v) is 7.11. The van der Waals surface area contributed by atoms with Gasteiger partial charge in [-0.05, 0) is 37.4 Å². The van der Waals surface area contributed by atoms with Crippen molar-refractivity contribution < 1.29 is 4.74 Å². The average molecular weight is 308 g/mol. The molecule has 0 saturated carbocycles. The van der Waals surface area contributed by atoms with Gasteiger partial charge in [0, 0.05) is 23.7 Å². The van der Waals surface area contributed by atoms with Gasteiger partial charge >= 0.3 is 0 Å². The summed E-state index contributed by atoms with van der Waals surface area (Å²) >= 11 is 2.06. The molecule has 0 aromatic heterocycles. The zero-order valence-corrected chi connectivity index (χ0v) is 14.4. The van der Waals surface area contributed by atoms with Gasteiger partial charge < -0.3 is 10.1 Å². The van der Waals surface area contributed by atoms with Crippen LogP contribution in [0.2, 0.25) is 0 Å². The Bertz CT molecular complexity index is 406. The third-order valence-electron chi connectivity index (χ3n) is 4.15. The molecule has 1 saturated heterocycles. The molecule has 118 valence electrons. The van der Waals surface area contributed by atoms with E-state index >= 15 is 0 Å². The number of rotatable bonds is 8. The molecule has 0 aliphatic carbocycles. The van der Waals surface area contributed by atoms with Gasteiger partial charge in [-0.25, -0.2) is 0 Å². The van der Waals surface area contributed by atoms with E-state index in [4.69, 9.17) is 4.74 Å². The van der Waals surface area contributed by atoms with E-state index in [1.807, 2.05) is 0 Å². The van der Waals surface area contributed by atoms with Crippen LogP contribution in [0.4, 0.5) is 0 Å². The van der Waals surface area contributed by atoms with Crippen LogP contribution in [0.25, 0.3) is 0 Å². The van der Waals surface area contributed by atoms with Crippen molar-refractivity contribution in [3.63, 3.8) is 0 Å². The zero-order chi connectivity index (χ0) is 15.1. The Morgan fingerprint density at radius 1 is 1.29 bits per heavy atom. The van der Waals surface area contributed by atoms with Crippen molar-refractivity contribution in [2.75, 3.05) is 18.9 Å². The highest BCUT2D eigenvalue weighted by Gasteiger charge is 2.25. The quantitative estimate of drug-likeness (QED) is 0.777. The Morgan fingerprint density at radius 3 is 2.62 bits per heavy atom. The highest BCUT2D eigenvalue weighted by molar-refractivity contribution is 8.00. The van der Waals surface area contributed by atoms with E-state index in [2.05, 4.69) is 62.1 Å². The van der Waals surface area contributed by atoms with Crippen LogP contribution in [0, 0.1) is 0 Å². The molecule has 1 heterocycles. The summed E-state index contributed by atoms with van der Waals surface area (Å²) in [6, 6.07) is 9.62. The third kappa shape index (κ3) is 5.01. The number of nitrogens with one attached hydrogen (secondary N) is 1. The lowest BCUT2D eigenvalue weighted by Gasteiger charge is -2.21. The van der Waals surface area contributed by atoms with E-state index in [0.717, 1.165) is 18.9 Å². The van der Waals surface area contributed by atoms with Crippen molar-refractivity contribution >= 4 is 11.8 Å². The normalized spacial score (nSPS) is 23.4. The first-order valence-corrected chi connectivity index (χ1v) is 9.34. The fraction of sp³-hybridized carbons (Fsp3) is 0.667. The van der Waals surface area contributed by atoms with Gasteiger partial charge in [-0.1, -0.05) is 44.5 Å². The number of ether oxygens (including phenoxy) is 1. The summed E-state index contributed by atoms with van der Waals surface area (Å²) in [5.74, 6) is 1.12. The summed E-state index contributed by atoms with van der Waals surface area (Å²) in [4.78, 5) is 0. The lowest BCUT2D eigenvalue weighted by Crippen LogP contribution is -2.25. The molecule has 21 heavy (non-hydrogen) atoms. The SMILES string of the molecule is CCCc1ccc(C(CSC2CCOC2C)NCC)cc1. The van der Waals surface area contributed by atoms with Crippen molar-refractivity contribution in [3.05, 3.63) is 35.4 Å². The van der Waals surface area contributed by atoms with Crippen molar-refractivity contribution in [1.29, 1.82) is 0 Å². The molecule has 1 aliphatic rings. The molecule has 3 unspecified atom stereocenters. The molecular weight excluding hydrogens is 278 g/mol. The highest BCUT2D eigenvalue weighted by Crippen LogP contribution is 2.30. The predicted octanol–water partition coefficient (Wildman–Crippen LogP) is 4.20. The summed E-state index contributed by atoms with van der Waals surface area (Å²) in [6.07, 6.45) is 3.99. The maximum absolute atomic E-state index is 5.66. The fourth-order valence-electron chi connectivity index (χ4n) is 2.88. The lowest BCUT2D eigenvalue weighted by molar-refractivity contribution is 0.127. The van der Waals surface area contributed by atoms with Crippen LogP contribution in [0.15, 0.2) is 24.3 Å². The summed E-state index contributed by atoms with van der Waals surface area (Å²) in [7, 11) is 0. The van der Waals surface area contributed by atoms with Crippen LogP contribution < -0.4 is 5.32 Å². The van der Waals surface area contributed by atoms with E-state index in [9.17, 15) is 0 Å². The first-order valence-electron chi connectivity index (χ1n) is 8.30. The average Bonchev–Trinajstić information content (AvgIpc) is 2.90. The van der Waals surface area contributed by atoms with Crippen LogP contribution in [-0.4, -0.2) is 30.3 Å². The van der Waals surface area contributed by atoms with E-state index in [0.29, 0.717) is 17.4 Å². The van der Waals surface area contributed by atoms with Crippen LogP contribution in [0.1, 0.15) is 50.8 Å². The molecule has 0 bridgehead atoms. The van der Waals surface area contributed by atoms with Gasteiger partial charge in [0.25, 0.3) is 0 Å². The number of hydrogen-bond donors (Lipinski definition) is 1. The van der Waals surface area contributed by atoms with Gasteiger partial charge in [0.05, 0.1) is 6.10 Å². The second-order valence-electron chi connectivity index (χ2n) is 5.84. The number of aryl methyl sites for hydroxylation is 1. The molecule has 2 rings (SSSR count). The summed E-state index contributed by atoms with van der Waals surface area (Å²) in [6.45, 7) is 8.56. The summed E-state index contributed by atoms with van der Waals surface area (Å²) in [5, 5.41) is 4.29.